The van der Waals surface area contributed by atoms with Crippen LogP contribution < -0.4 is 0 Å². The Bertz CT molecular complexity index is 1100. The summed E-state index contributed by atoms with van der Waals surface area (Å²) in [5.41, 5.74) is 0. The maximum atomic E-state index is 7.77. The topological polar surface area (TPSA) is 0 Å². The summed E-state index contributed by atoms with van der Waals surface area (Å²) in [6.07, 6.45) is 8.81. The summed E-state index contributed by atoms with van der Waals surface area (Å²) in [6, 6.07) is 0. The molecule has 5 unspecified atom stereocenters. The molecular weight excluding hydrogens is 378 g/mol. The van der Waals surface area contributed by atoms with Crippen LogP contribution in [-0.4, -0.2) is 5.16 Å². The van der Waals surface area contributed by atoms with Crippen LogP contribution in [0.2, 0.25) is 28.0 Å². The van der Waals surface area contributed by atoms with Crippen LogP contribution in [0.25, 0.3) is 0 Å². The fourth-order valence-electron chi connectivity index (χ4n) is 28.2. The Balaban J connectivity index is 1.46. The van der Waals surface area contributed by atoms with Gasteiger partial charge in [-0.25, -0.2) is 0 Å². The van der Waals surface area contributed by atoms with Crippen molar-refractivity contribution in [2.45, 2.75) is 85.5 Å². The summed E-state index contributed by atoms with van der Waals surface area (Å²) in [5, 5.41) is 0. The van der Waals surface area contributed by atoms with E-state index >= 15 is 0 Å². The predicted molar refractivity (Wildman–Crippen MR) is 84.1 cm³/mol. The van der Waals surface area contributed by atoms with Crippen molar-refractivity contribution in [1.82, 2.24) is 0 Å². The monoisotopic (exact) mass is 400 g/mol. The molecule has 114 valence electrons. The molecule has 0 aliphatic carbocycles. The Hall–Kier alpha value is 1.46. The summed E-state index contributed by atoms with van der Waals surface area (Å²) in [6.45, 7) is 4.77. The molecule has 0 bridgehead atoms. The van der Waals surface area contributed by atoms with Gasteiger partial charge in [-0.15, -0.1) is 0 Å². The number of hydrogen-bond acceptors (Lipinski definition) is 0. The zero-order valence-electron chi connectivity index (χ0n) is 13.0. The van der Waals surface area contributed by atoms with Crippen LogP contribution in [0.5, 0.6) is 0 Å². The third-order valence-corrected chi connectivity index (χ3v) is 134. The molecule has 0 N–H and O–H groups in total. The van der Waals surface area contributed by atoms with E-state index in [1.807, 2.05) is 0 Å². The van der Waals surface area contributed by atoms with E-state index in [0.717, 1.165) is 9.87 Å². The fourth-order valence-corrected chi connectivity index (χ4v) is 278. The van der Waals surface area contributed by atoms with Gasteiger partial charge in [-0.2, -0.15) is 0 Å². The molecule has 10 rings (SSSR count). The van der Waals surface area contributed by atoms with Gasteiger partial charge in [0.15, 0.2) is 0 Å². The minimum absolute atomic E-state index is 0.311. The molecule has 0 aromatic heterocycles. The van der Waals surface area contributed by atoms with Gasteiger partial charge in [0.1, 0.15) is 0 Å². The van der Waals surface area contributed by atoms with Crippen molar-refractivity contribution in [2.24, 2.45) is 0 Å². The first kappa shape index (κ1) is 10.5. The molecule has 21 heavy (non-hydrogen) atoms. The van der Waals surface area contributed by atoms with Gasteiger partial charge in [-0.1, -0.05) is 0 Å². The van der Waals surface area contributed by atoms with E-state index in [4.69, 9.17) is 23.2 Å². The van der Waals surface area contributed by atoms with Crippen LogP contribution in [0, 0.1) is 0 Å². The van der Waals surface area contributed by atoms with Crippen molar-refractivity contribution >= 4 is 23.2 Å². The average molecular weight is 403 g/mol. The Labute approximate surface area is 119 Å². The van der Waals surface area contributed by atoms with E-state index < -0.39 is 11.4 Å². The summed E-state index contributed by atoms with van der Waals surface area (Å²) >= 11 is 11.2. The number of hydrogen-bond donors (Lipinski definition) is 0. The molecule has 10 aliphatic rings. The van der Waals surface area contributed by atoms with E-state index in [-0.39, 0.29) is 0 Å². The fraction of sp³-hybridized carbons (Fsp3) is 1.00. The standard InChI is InChI=1S/C13H19Cl2.C5H5.Zr/c1-3-5-7-10-9-12(14)13(15)11(10)8-6-4-2;1-2-4-5-3-1;/h9H,3-8H2,1-2H3;1-5H;. The van der Waals surface area contributed by atoms with Crippen LogP contribution in [-0.2, 0) is 11.4 Å². The van der Waals surface area contributed by atoms with Gasteiger partial charge in [0, 0.05) is 0 Å². The third-order valence-electron chi connectivity index (χ3n) is 23.0. The molecule has 3 heteroatoms. The molecule has 0 amide bonds. The van der Waals surface area contributed by atoms with Gasteiger partial charge in [-0.3, -0.25) is 0 Å². The van der Waals surface area contributed by atoms with Crippen molar-refractivity contribution in [2.75, 3.05) is 0 Å². The Kier molecular flexibility index (Phi) is 0.501. The number of halogens is 2. The van der Waals surface area contributed by atoms with E-state index in [1.54, 1.807) is 6.42 Å². The molecule has 0 radical (unpaired) electrons. The van der Waals surface area contributed by atoms with Crippen molar-refractivity contribution in [3.05, 3.63) is 0 Å². The van der Waals surface area contributed by atoms with Crippen LogP contribution >= 0.6 is 23.2 Å². The molecule has 0 aromatic carbocycles. The van der Waals surface area contributed by atoms with Gasteiger partial charge < -0.3 is 0 Å². The van der Waals surface area contributed by atoms with E-state index in [0.29, 0.717) is 5.16 Å². The second-order valence-corrected chi connectivity index (χ2v) is 68.6. The normalized spacial score (nSPS) is 110. The second kappa shape index (κ2) is 1.01. The summed E-state index contributed by atoms with van der Waals surface area (Å²) in [5.74, 6) is 0. The Morgan fingerprint density at radius 1 is 0.857 bits per heavy atom. The van der Waals surface area contributed by atoms with Gasteiger partial charge in [0.05, 0.1) is 0 Å². The first-order chi connectivity index (χ1) is 9.84. The van der Waals surface area contributed by atoms with Crippen molar-refractivity contribution in [3.8, 4) is 0 Å². The van der Waals surface area contributed by atoms with E-state index in [9.17, 15) is 0 Å². The zero-order valence-corrected chi connectivity index (χ0v) is 16.9. The SMILES string of the molecule is CCCC[C]12[CH]3[C]4(Cl)[C]5(Cl)[C]1(CCCC)[Zr]34251678[CH]2[CH]1[CH]6[CH]7[CH]28. The van der Waals surface area contributed by atoms with Crippen molar-refractivity contribution in [3.63, 3.8) is 0 Å². The number of fused-ring (bicyclic) bond motifs is 10. The minimum atomic E-state index is -4.23. The molecule has 1 spiro atoms. The average Bonchev–Trinajstić information content (AvgIpc) is 3.42. The number of alkyl halides is 2. The first-order valence-corrected chi connectivity index (χ1v) is 24.4. The molecule has 5 atom stereocenters. The summed E-state index contributed by atoms with van der Waals surface area (Å²) in [4.78, 5) is 0. The molecule has 10 saturated heterocycles. The molecule has 0 saturated carbocycles. The molecule has 0 nitrogen and oxygen atoms in total. The van der Waals surface area contributed by atoms with Gasteiger partial charge in [0.2, 0.25) is 0 Å². The number of rotatable bonds is 6. The molecular formula is C18H24Cl2Zr. The van der Waals surface area contributed by atoms with Gasteiger partial charge in [0.25, 0.3) is 0 Å². The number of unbranched alkanes of at least 4 members (excludes halogenated alkanes) is 2. The van der Waals surface area contributed by atoms with Crippen molar-refractivity contribution in [1.29, 1.82) is 0 Å². The van der Waals surface area contributed by atoms with E-state index in [1.165, 1.54) is 50.2 Å². The zero-order chi connectivity index (χ0) is 14.0. The molecule has 10 heterocycles. The summed E-state index contributed by atoms with van der Waals surface area (Å²) < 4.78 is 9.62. The van der Waals surface area contributed by atoms with Crippen LogP contribution in [0.3, 0.4) is 0 Å². The molecule has 10 fully saturated rings. The summed E-state index contributed by atoms with van der Waals surface area (Å²) in [7, 11) is 0. The quantitative estimate of drug-likeness (QED) is 0.429. The molecule has 0 aromatic rings. The predicted octanol–water partition coefficient (Wildman–Crippen LogP) is 6.79. The van der Waals surface area contributed by atoms with Crippen LogP contribution in [0.4, 0.5) is 0 Å². The van der Waals surface area contributed by atoms with E-state index in [2.05, 4.69) is 13.8 Å². The maximum absolute atomic E-state index is 7.77. The second-order valence-electron chi connectivity index (χ2n) is 15.2. The Morgan fingerprint density at radius 2 is 1.38 bits per heavy atom. The third kappa shape index (κ3) is 0.115. The van der Waals surface area contributed by atoms with Gasteiger partial charge >= 0.3 is 120 Å². The van der Waals surface area contributed by atoms with Crippen molar-refractivity contribution < 1.29 is 11.4 Å². The Morgan fingerprint density at radius 3 is 1.81 bits per heavy atom. The van der Waals surface area contributed by atoms with Crippen LogP contribution in [0.1, 0.15) is 52.4 Å². The first-order valence-electron chi connectivity index (χ1n) is 10.2. The van der Waals surface area contributed by atoms with Gasteiger partial charge in [-0.05, 0) is 0 Å². The van der Waals surface area contributed by atoms with Crippen LogP contribution in [0.15, 0.2) is 0 Å². The molecule has 10 aliphatic heterocycles.